The van der Waals surface area contributed by atoms with Gasteiger partial charge in [0.15, 0.2) is 0 Å². The van der Waals surface area contributed by atoms with Crippen LogP contribution in [0.25, 0.3) is 0 Å². The topological polar surface area (TPSA) is 110 Å². The van der Waals surface area contributed by atoms with Gasteiger partial charge in [0, 0.05) is 6.07 Å². The highest BCUT2D eigenvalue weighted by Gasteiger charge is 2.48. The van der Waals surface area contributed by atoms with Crippen molar-refractivity contribution in [2.75, 3.05) is 6.61 Å². The van der Waals surface area contributed by atoms with Gasteiger partial charge in [0.25, 0.3) is 0 Å². The summed E-state index contributed by atoms with van der Waals surface area (Å²) < 4.78 is 128. The summed E-state index contributed by atoms with van der Waals surface area (Å²) in [6, 6.07) is 0.571. The molecule has 2 rings (SSSR count). The first-order chi connectivity index (χ1) is 13.6. The van der Waals surface area contributed by atoms with Crippen LogP contribution >= 0.6 is 22.9 Å². The quantitative estimate of drug-likeness (QED) is 0.411. The maximum absolute atomic E-state index is 13.8. The lowest BCUT2D eigenvalue weighted by Gasteiger charge is -2.29. The molecule has 2 atom stereocenters. The van der Waals surface area contributed by atoms with Crippen LogP contribution < -0.4 is 4.72 Å². The molecule has 0 spiro atoms. The minimum absolute atomic E-state index is 0.0133. The SMILES string of the molecule is O=S(=O)(O)OCC(NS(=O)(=O)c1ccc(Cl)s1)C(c1cc(F)cc(F)c1)C(F)(F)F. The number of benzene rings is 1. The Morgan fingerprint density at radius 1 is 1.10 bits per heavy atom. The first-order valence-electron chi connectivity index (χ1n) is 7.51. The van der Waals surface area contributed by atoms with Gasteiger partial charge in [-0.15, -0.1) is 11.3 Å². The Kier molecular flexibility index (Phi) is 7.49. The summed E-state index contributed by atoms with van der Waals surface area (Å²) in [6.45, 7) is -1.54. The van der Waals surface area contributed by atoms with Gasteiger partial charge in [0.05, 0.1) is 22.9 Å². The highest BCUT2D eigenvalue weighted by atomic mass is 35.5. The molecule has 7 nitrogen and oxygen atoms in total. The lowest BCUT2D eigenvalue weighted by atomic mass is 9.91. The summed E-state index contributed by atoms with van der Waals surface area (Å²) in [5, 5.41) is 0. The van der Waals surface area contributed by atoms with Crippen molar-refractivity contribution in [1.82, 2.24) is 4.72 Å². The van der Waals surface area contributed by atoms with Gasteiger partial charge in [-0.3, -0.25) is 4.55 Å². The molecule has 0 aliphatic rings. The van der Waals surface area contributed by atoms with Crippen molar-refractivity contribution < 1.29 is 47.5 Å². The first kappa shape index (κ1) is 24.9. The Balaban J connectivity index is 2.55. The zero-order valence-corrected chi connectivity index (χ0v) is 17.4. The maximum Gasteiger partial charge on any atom is 0.397 e. The number of rotatable bonds is 8. The van der Waals surface area contributed by atoms with E-state index in [1.54, 1.807) is 4.72 Å². The van der Waals surface area contributed by atoms with Gasteiger partial charge in [0.2, 0.25) is 10.0 Å². The van der Waals surface area contributed by atoms with Crippen LogP contribution in [0.1, 0.15) is 11.5 Å². The highest BCUT2D eigenvalue weighted by Crippen LogP contribution is 2.39. The van der Waals surface area contributed by atoms with Crippen LogP contribution in [0, 0.1) is 11.6 Å². The van der Waals surface area contributed by atoms with Crippen molar-refractivity contribution >= 4 is 43.4 Å². The largest absolute Gasteiger partial charge is 0.397 e. The fraction of sp³-hybridized carbons (Fsp3) is 0.286. The van der Waals surface area contributed by atoms with E-state index in [4.69, 9.17) is 16.2 Å². The van der Waals surface area contributed by atoms with Crippen molar-refractivity contribution in [3.8, 4) is 0 Å². The zero-order valence-electron chi connectivity index (χ0n) is 14.2. The van der Waals surface area contributed by atoms with Crippen LogP contribution in [0.3, 0.4) is 0 Å². The predicted molar refractivity (Wildman–Crippen MR) is 96.1 cm³/mol. The molecule has 0 fully saturated rings. The standard InChI is InChI=1S/C14H11ClF5NO6S3/c15-11-1-2-12(28-11)29(22,23)21-10(6-27-30(24,25)26)13(14(18,19)20)7-3-8(16)5-9(17)4-7/h1-5,10,13,21H,6H2,(H,24,25,26). The highest BCUT2D eigenvalue weighted by molar-refractivity contribution is 7.91. The molecule has 1 heterocycles. The molecular formula is C14H11ClF5NO6S3. The zero-order chi connectivity index (χ0) is 22.9. The Morgan fingerprint density at radius 3 is 2.10 bits per heavy atom. The van der Waals surface area contributed by atoms with Gasteiger partial charge in [-0.2, -0.15) is 21.6 Å². The van der Waals surface area contributed by atoms with Crippen molar-refractivity contribution in [3.63, 3.8) is 0 Å². The van der Waals surface area contributed by atoms with Crippen LogP contribution in [0.4, 0.5) is 22.0 Å². The minimum atomic E-state index is -5.32. The molecule has 0 saturated heterocycles. The fourth-order valence-corrected chi connectivity index (χ4v) is 5.51. The summed E-state index contributed by atoms with van der Waals surface area (Å²) >= 11 is 6.10. The lowest BCUT2D eigenvalue weighted by Crippen LogP contribution is -2.47. The average molecular weight is 516 g/mol. The number of alkyl halides is 3. The Hall–Kier alpha value is -1.36. The summed E-state index contributed by atoms with van der Waals surface area (Å²) in [5.74, 6) is -5.72. The second kappa shape index (κ2) is 9.02. The Labute approximate surface area is 176 Å². The van der Waals surface area contributed by atoms with Crippen molar-refractivity contribution in [3.05, 3.63) is 51.9 Å². The summed E-state index contributed by atoms with van der Waals surface area (Å²) in [7, 11) is -9.98. The molecular weight excluding hydrogens is 505 g/mol. The molecule has 2 aromatic rings. The molecule has 168 valence electrons. The van der Waals surface area contributed by atoms with Gasteiger partial charge in [-0.1, -0.05) is 11.6 Å². The van der Waals surface area contributed by atoms with Crippen LogP contribution in [-0.2, 0) is 24.6 Å². The number of sulfonamides is 1. The number of thiophene rings is 1. The summed E-state index contributed by atoms with van der Waals surface area (Å²) in [6.07, 6.45) is -5.32. The second-order valence-corrected chi connectivity index (χ2v) is 10.5. The molecule has 2 unspecified atom stereocenters. The van der Waals surface area contributed by atoms with E-state index in [1.165, 1.54) is 0 Å². The second-order valence-electron chi connectivity index (χ2n) is 5.72. The molecule has 0 radical (unpaired) electrons. The van der Waals surface area contributed by atoms with E-state index in [0.717, 1.165) is 12.1 Å². The normalized spacial score (nSPS) is 15.2. The Morgan fingerprint density at radius 2 is 1.67 bits per heavy atom. The molecule has 0 saturated carbocycles. The van der Waals surface area contributed by atoms with E-state index in [2.05, 4.69) is 4.18 Å². The average Bonchev–Trinajstić information content (AvgIpc) is 2.97. The fourth-order valence-electron chi connectivity index (χ4n) is 2.46. The van der Waals surface area contributed by atoms with Crippen molar-refractivity contribution in [2.24, 2.45) is 0 Å². The van der Waals surface area contributed by atoms with Gasteiger partial charge in [-0.25, -0.2) is 26.1 Å². The third kappa shape index (κ3) is 6.83. The van der Waals surface area contributed by atoms with Crippen LogP contribution in [0.15, 0.2) is 34.5 Å². The van der Waals surface area contributed by atoms with Crippen LogP contribution in [0.5, 0.6) is 0 Å². The molecule has 1 aromatic carbocycles. The molecule has 1 aromatic heterocycles. The Bertz CT molecular complexity index is 1100. The van der Waals surface area contributed by atoms with E-state index < -0.39 is 66.6 Å². The van der Waals surface area contributed by atoms with Crippen LogP contribution in [0.2, 0.25) is 4.34 Å². The van der Waals surface area contributed by atoms with E-state index in [1.807, 2.05) is 0 Å². The van der Waals surface area contributed by atoms with Gasteiger partial charge < -0.3 is 0 Å². The van der Waals surface area contributed by atoms with Crippen molar-refractivity contribution in [1.29, 1.82) is 0 Å². The molecule has 30 heavy (non-hydrogen) atoms. The lowest BCUT2D eigenvalue weighted by molar-refractivity contribution is -0.157. The van der Waals surface area contributed by atoms with Crippen molar-refractivity contribution in [2.45, 2.75) is 22.3 Å². The molecule has 2 N–H and O–H groups in total. The number of hydrogen-bond donors (Lipinski definition) is 2. The molecule has 0 amide bonds. The van der Waals surface area contributed by atoms with E-state index in [-0.39, 0.29) is 4.34 Å². The van der Waals surface area contributed by atoms with E-state index in [9.17, 15) is 38.8 Å². The molecule has 16 heteroatoms. The molecule has 0 aliphatic heterocycles. The minimum Gasteiger partial charge on any atom is -0.264 e. The summed E-state index contributed by atoms with van der Waals surface area (Å²) in [4.78, 5) is 0. The number of halogens is 6. The summed E-state index contributed by atoms with van der Waals surface area (Å²) in [5.41, 5.74) is -1.05. The van der Waals surface area contributed by atoms with Gasteiger partial charge >= 0.3 is 16.6 Å². The third-order valence-corrected chi connectivity index (χ3v) is 7.16. The smallest absolute Gasteiger partial charge is 0.264 e. The number of hydrogen-bond acceptors (Lipinski definition) is 6. The first-order valence-corrected chi connectivity index (χ1v) is 11.5. The molecule has 0 aliphatic carbocycles. The van der Waals surface area contributed by atoms with Crippen LogP contribution in [-0.4, -0.2) is 40.2 Å². The maximum atomic E-state index is 13.8. The van der Waals surface area contributed by atoms with E-state index >= 15 is 0 Å². The van der Waals surface area contributed by atoms with Gasteiger partial charge in [-0.05, 0) is 29.8 Å². The molecule has 0 bridgehead atoms. The van der Waals surface area contributed by atoms with Gasteiger partial charge in [0.1, 0.15) is 15.8 Å². The third-order valence-electron chi connectivity index (χ3n) is 3.52. The number of nitrogens with one attached hydrogen (secondary N) is 1. The monoisotopic (exact) mass is 515 g/mol. The van der Waals surface area contributed by atoms with E-state index in [0.29, 0.717) is 29.5 Å². The predicted octanol–water partition coefficient (Wildman–Crippen LogP) is 3.49.